The summed E-state index contributed by atoms with van der Waals surface area (Å²) in [4.78, 5) is 38.0. The predicted octanol–water partition coefficient (Wildman–Crippen LogP) is 2.89. The van der Waals surface area contributed by atoms with Crippen LogP contribution in [0.1, 0.15) is 88.1 Å². The van der Waals surface area contributed by atoms with Crippen molar-refractivity contribution in [2.45, 2.75) is 77.6 Å². The van der Waals surface area contributed by atoms with Crippen LogP contribution < -0.4 is 29.6 Å². The molecule has 0 heterocycles. The average Bonchev–Trinajstić information content (AvgIpc) is 3.09. The summed E-state index contributed by atoms with van der Waals surface area (Å²) >= 11 is 0. The fourth-order valence-corrected chi connectivity index (χ4v) is 9.54. The van der Waals surface area contributed by atoms with Gasteiger partial charge in [0.25, 0.3) is 0 Å². The summed E-state index contributed by atoms with van der Waals surface area (Å²) in [5.74, 6) is 1.46. The molecule has 1 unspecified atom stereocenters. The number of hydrogen-bond acceptors (Lipinski definition) is 3. The van der Waals surface area contributed by atoms with E-state index in [-0.39, 0.29) is 57.7 Å². The van der Waals surface area contributed by atoms with Gasteiger partial charge in [-0.25, -0.2) is 4.79 Å². The van der Waals surface area contributed by atoms with Crippen LogP contribution in [0, 0.1) is 47.3 Å². The van der Waals surface area contributed by atoms with E-state index >= 15 is 0 Å². The number of carbonyl (C=O) groups is 3. The van der Waals surface area contributed by atoms with Crippen LogP contribution in [0.3, 0.4) is 0 Å². The summed E-state index contributed by atoms with van der Waals surface area (Å²) < 4.78 is 0. The number of ketones is 2. The Morgan fingerprint density at radius 1 is 1.03 bits per heavy atom. The molecule has 4 aliphatic rings. The molecule has 4 saturated carbocycles. The zero-order valence-electron chi connectivity index (χ0n) is 21.2. The van der Waals surface area contributed by atoms with Gasteiger partial charge in [0, 0.05) is 23.5 Å². The van der Waals surface area contributed by atoms with E-state index in [0.29, 0.717) is 41.4 Å². The van der Waals surface area contributed by atoms with Crippen LogP contribution in [-0.2, 0) is 15.0 Å². The Kier molecular flexibility index (Phi) is 6.71. The first-order chi connectivity index (χ1) is 15.6. The maximum absolute atomic E-state index is 13.4. The molecule has 1 aromatic rings. The van der Waals surface area contributed by atoms with Crippen LogP contribution in [0.5, 0.6) is 0 Å². The van der Waals surface area contributed by atoms with Gasteiger partial charge in [-0.2, -0.15) is 0 Å². The van der Waals surface area contributed by atoms with Gasteiger partial charge in [0.1, 0.15) is 5.78 Å². The molecule has 178 valence electrons. The Bertz CT molecular complexity index is 1020. The summed E-state index contributed by atoms with van der Waals surface area (Å²) in [5.41, 5.74) is -0.0363. The Morgan fingerprint density at radius 2 is 1.71 bits per heavy atom. The van der Waals surface area contributed by atoms with Crippen LogP contribution in [0.4, 0.5) is 0 Å². The number of carboxylic acid groups (broad SMARTS) is 1. The molecular formula is C29H37NaO4. The molecule has 1 N–H and O–H groups in total. The standard InChI is InChI=1S/C29H37O4.Na/c1-17-16-27(3)19(15-25(17)31)9-10-20-22(27)11-13-28(4)23(20)12-14-29(28,18(2)30)24-8-6-5-7-21(24)26(32)33;/h5-8,17,19-20,22-23H,2,9-16H2,1,3-4H3,(H,32,33);/q-1;+1/t17?,19-,20-,22+,23+,27+,28+,29-;/m1./s1. The molecule has 0 saturated heterocycles. The molecule has 0 aliphatic heterocycles. The van der Waals surface area contributed by atoms with Crippen molar-refractivity contribution in [3.05, 3.63) is 42.3 Å². The molecule has 8 atom stereocenters. The van der Waals surface area contributed by atoms with Crippen molar-refractivity contribution < 1.29 is 49.0 Å². The van der Waals surface area contributed by atoms with Crippen molar-refractivity contribution in [1.29, 1.82) is 0 Å². The van der Waals surface area contributed by atoms with Crippen LogP contribution in [-0.4, -0.2) is 22.6 Å². The Hall–Kier alpha value is -1.10. The molecule has 4 fully saturated rings. The molecule has 0 amide bonds. The molecule has 0 radical (unpaired) electrons. The second kappa shape index (κ2) is 8.78. The van der Waals surface area contributed by atoms with Gasteiger partial charge in [-0.15, -0.1) is 0 Å². The van der Waals surface area contributed by atoms with Gasteiger partial charge >= 0.3 is 35.5 Å². The van der Waals surface area contributed by atoms with Crippen molar-refractivity contribution in [3.8, 4) is 0 Å². The molecule has 5 rings (SSSR count). The third-order valence-corrected chi connectivity index (χ3v) is 11.1. The van der Waals surface area contributed by atoms with Crippen LogP contribution >= 0.6 is 0 Å². The van der Waals surface area contributed by atoms with Gasteiger partial charge in [-0.3, -0.25) is 4.79 Å². The van der Waals surface area contributed by atoms with Crippen molar-refractivity contribution in [2.24, 2.45) is 40.4 Å². The first kappa shape index (κ1) is 26.0. The minimum atomic E-state index is -0.971. The van der Waals surface area contributed by atoms with E-state index in [1.54, 1.807) is 12.1 Å². The third-order valence-electron chi connectivity index (χ3n) is 11.1. The SMILES string of the molecule is [CH2-]C(=O)[C@@]1(c2ccccc2C(=O)O)CC[C@H]2[C@@H]3CC[C@@H]4CC(=O)C(C)C[C@]4(C)[C@H]3CC[C@@]21C.[Na+]. The molecule has 5 heteroatoms. The van der Waals surface area contributed by atoms with Gasteiger partial charge in [-0.05, 0) is 91.1 Å². The topological polar surface area (TPSA) is 71.4 Å². The number of carboxylic acids is 1. The third kappa shape index (κ3) is 3.34. The summed E-state index contributed by atoms with van der Waals surface area (Å²) in [6.45, 7) is 10.7. The number of hydrogen-bond donors (Lipinski definition) is 1. The summed E-state index contributed by atoms with van der Waals surface area (Å²) in [6, 6.07) is 7.10. The predicted molar refractivity (Wildman–Crippen MR) is 127 cm³/mol. The van der Waals surface area contributed by atoms with E-state index in [1.807, 2.05) is 12.1 Å². The number of rotatable bonds is 3. The van der Waals surface area contributed by atoms with E-state index in [4.69, 9.17) is 0 Å². The van der Waals surface area contributed by atoms with Crippen molar-refractivity contribution in [3.63, 3.8) is 0 Å². The maximum Gasteiger partial charge on any atom is 1.00 e. The summed E-state index contributed by atoms with van der Waals surface area (Å²) in [5, 5.41) is 9.94. The Balaban J connectivity index is 0.00000274. The Morgan fingerprint density at radius 3 is 2.38 bits per heavy atom. The van der Waals surface area contributed by atoms with Gasteiger partial charge in [0.15, 0.2) is 0 Å². The van der Waals surface area contributed by atoms with Gasteiger partial charge in [-0.1, -0.05) is 39.0 Å². The van der Waals surface area contributed by atoms with Crippen LogP contribution in [0.2, 0.25) is 0 Å². The number of benzene rings is 1. The molecular weight excluding hydrogens is 435 g/mol. The van der Waals surface area contributed by atoms with Crippen molar-refractivity contribution in [2.75, 3.05) is 0 Å². The minimum absolute atomic E-state index is 0. The van der Waals surface area contributed by atoms with Gasteiger partial charge in [0.05, 0.1) is 5.56 Å². The van der Waals surface area contributed by atoms with Crippen molar-refractivity contribution in [1.82, 2.24) is 0 Å². The number of Topliss-reactive ketones (excluding diaryl/α,β-unsaturated/α-hetero) is 2. The number of carbonyl (C=O) groups excluding carboxylic acids is 2. The van der Waals surface area contributed by atoms with Crippen molar-refractivity contribution >= 4 is 17.5 Å². The fraction of sp³-hybridized carbons (Fsp3) is 0.655. The summed E-state index contributed by atoms with van der Waals surface area (Å²) in [6.07, 6.45) is 7.53. The number of fused-ring (bicyclic) bond motifs is 5. The first-order valence-corrected chi connectivity index (χ1v) is 12.8. The van der Waals surface area contributed by atoms with Crippen LogP contribution in [0.15, 0.2) is 24.3 Å². The van der Waals surface area contributed by atoms with E-state index in [2.05, 4.69) is 27.7 Å². The van der Waals surface area contributed by atoms with E-state index in [0.717, 1.165) is 44.9 Å². The fourth-order valence-electron chi connectivity index (χ4n) is 9.54. The molecule has 4 aliphatic carbocycles. The molecule has 1 aromatic carbocycles. The molecule has 34 heavy (non-hydrogen) atoms. The Labute approximate surface area is 225 Å². The molecule has 0 aromatic heterocycles. The number of aromatic carboxylic acids is 1. The molecule has 0 bridgehead atoms. The quantitative estimate of drug-likeness (QED) is 0.543. The van der Waals surface area contributed by atoms with Gasteiger partial charge in [0.2, 0.25) is 0 Å². The second-order valence-corrected chi connectivity index (χ2v) is 12.1. The second-order valence-electron chi connectivity index (χ2n) is 12.1. The van der Waals surface area contributed by atoms with E-state index in [1.165, 1.54) is 0 Å². The first-order valence-electron chi connectivity index (χ1n) is 12.8. The maximum atomic E-state index is 13.4. The zero-order valence-corrected chi connectivity index (χ0v) is 23.2. The smallest absolute Gasteiger partial charge is 0.478 e. The monoisotopic (exact) mass is 472 g/mol. The van der Waals surface area contributed by atoms with E-state index in [9.17, 15) is 19.5 Å². The zero-order chi connectivity index (χ0) is 23.8. The average molecular weight is 473 g/mol. The van der Waals surface area contributed by atoms with Gasteiger partial charge < -0.3 is 16.8 Å². The normalized spacial score (nSPS) is 43.1. The molecule has 4 nitrogen and oxygen atoms in total. The van der Waals surface area contributed by atoms with E-state index < -0.39 is 11.4 Å². The molecule has 0 spiro atoms. The largest absolute Gasteiger partial charge is 1.00 e. The van der Waals surface area contributed by atoms with Crippen LogP contribution in [0.25, 0.3) is 0 Å². The summed E-state index contributed by atoms with van der Waals surface area (Å²) in [7, 11) is 0. The minimum Gasteiger partial charge on any atom is -0.478 e.